The smallest absolute Gasteiger partial charge is 0.354 e. The van der Waals surface area contributed by atoms with Gasteiger partial charge in [0.1, 0.15) is 5.52 Å². The van der Waals surface area contributed by atoms with Crippen molar-refractivity contribution in [1.29, 1.82) is 0 Å². The van der Waals surface area contributed by atoms with Crippen LogP contribution in [0.1, 0.15) is 0 Å². The van der Waals surface area contributed by atoms with Crippen LogP contribution in [0.3, 0.4) is 0 Å². The predicted octanol–water partition coefficient (Wildman–Crippen LogP) is 3.69. The molecule has 0 atom stereocenters. The minimum absolute atomic E-state index is 0.0730. The summed E-state index contributed by atoms with van der Waals surface area (Å²) in [6.45, 7) is 0. The van der Waals surface area contributed by atoms with Crippen molar-refractivity contribution in [2.45, 2.75) is 10.4 Å². The molecule has 0 fully saturated rings. The van der Waals surface area contributed by atoms with E-state index < -0.39 is 10.4 Å². The minimum atomic E-state index is -4.42. The van der Waals surface area contributed by atoms with Crippen LogP contribution >= 0.6 is 11.8 Å². The lowest BCUT2D eigenvalue weighted by Crippen LogP contribution is -1.98. The van der Waals surface area contributed by atoms with Gasteiger partial charge in [0.05, 0.1) is 4.92 Å². The normalized spacial score (nSPS) is 11.9. The molecule has 0 bridgehead atoms. The molecule has 90 valence electrons. The number of nitro benzene ring substituents is 1. The number of aromatic nitrogens is 1. The van der Waals surface area contributed by atoms with Crippen LogP contribution in [0.4, 0.5) is 18.9 Å². The average molecular weight is 262 g/mol. The molecule has 8 heteroatoms. The van der Waals surface area contributed by atoms with Gasteiger partial charge in [0.25, 0.3) is 5.69 Å². The van der Waals surface area contributed by atoms with Gasteiger partial charge in [0.2, 0.25) is 0 Å². The maximum atomic E-state index is 12.2. The number of benzene rings is 1. The molecule has 2 rings (SSSR count). The Morgan fingerprint density at radius 1 is 1.35 bits per heavy atom. The highest BCUT2D eigenvalue weighted by atomic mass is 32.2. The Labute approximate surface area is 97.0 Å². The quantitative estimate of drug-likeness (QED) is 0.510. The highest BCUT2D eigenvalue weighted by Gasteiger charge is 2.31. The number of H-pyrrole nitrogens is 1. The number of nitrogens with one attached hydrogen (secondary N) is 1. The van der Waals surface area contributed by atoms with Crippen molar-refractivity contribution >= 4 is 28.4 Å². The first kappa shape index (κ1) is 11.8. The molecule has 0 saturated heterocycles. The second-order valence-electron chi connectivity index (χ2n) is 3.16. The lowest BCUT2D eigenvalue weighted by molar-refractivity contribution is -0.383. The third kappa shape index (κ3) is 2.36. The van der Waals surface area contributed by atoms with Gasteiger partial charge in [-0.05, 0) is 11.8 Å². The van der Waals surface area contributed by atoms with Crippen molar-refractivity contribution in [3.8, 4) is 0 Å². The predicted molar refractivity (Wildman–Crippen MR) is 56.9 cm³/mol. The maximum Gasteiger partial charge on any atom is 0.446 e. The highest BCUT2D eigenvalue weighted by Crippen LogP contribution is 2.41. The highest BCUT2D eigenvalue weighted by molar-refractivity contribution is 8.00. The van der Waals surface area contributed by atoms with E-state index in [0.29, 0.717) is 0 Å². The molecule has 17 heavy (non-hydrogen) atoms. The summed E-state index contributed by atoms with van der Waals surface area (Å²) in [4.78, 5) is 12.5. The number of para-hydroxylation sites is 1. The van der Waals surface area contributed by atoms with Crippen LogP contribution in [0.25, 0.3) is 10.9 Å². The summed E-state index contributed by atoms with van der Waals surface area (Å²) in [5.41, 5.74) is -4.56. The third-order valence-corrected chi connectivity index (χ3v) is 2.87. The molecule has 0 spiro atoms. The molecule has 0 unspecified atom stereocenters. The molecule has 0 radical (unpaired) electrons. The monoisotopic (exact) mass is 262 g/mol. The van der Waals surface area contributed by atoms with Crippen molar-refractivity contribution in [2.24, 2.45) is 0 Å². The van der Waals surface area contributed by atoms with Crippen LogP contribution in [-0.4, -0.2) is 15.4 Å². The van der Waals surface area contributed by atoms with E-state index >= 15 is 0 Å². The number of hydrogen-bond donors (Lipinski definition) is 1. The topological polar surface area (TPSA) is 58.9 Å². The second kappa shape index (κ2) is 3.95. The number of non-ortho nitro benzene ring substituents is 1. The van der Waals surface area contributed by atoms with Crippen LogP contribution in [0.5, 0.6) is 0 Å². The Hall–Kier alpha value is -1.70. The van der Waals surface area contributed by atoms with Gasteiger partial charge in [-0.1, -0.05) is 12.1 Å². The third-order valence-electron chi connectivity index (χ3n) is 2.08. The van der Waals surface area contributed by atoms with Gasteiger partial charge in [-0.25, -0.2) is 0 Å². The van der Waals surface area contributed by atoms with E-state index in [1.807, 2.05) is 0 Å². The molecule has 1 heterocycles. The largest absolute Gasteiger partial charge is 0.446 e. The summed E-state index contributed by atoms with van der Waals surface area (Å²) in [6, 6.07) is 4.00. The summed E-state index contributed by atoms with van der Waals surface area (Å²) in [5.74, 6) is 0. The van der Waals surface area contributed by atoms with Gasteiger partial charge in [0, 0.05) is 22.5 Å². The molecule has 0 amide bonds. The van der Waals surface area contributed by atoms with E-state index in [2.05, 4.69) is 4.98 Å². The number of alkyl halides is 3. The first-order chi connectivity index (χ1) is 7.88. The number of nitro groups is 1. The minimum Gasteiger partial charge on any atom is -0.354 e. The Morgan fingerprint density at radius 3 is 2.65 bits per heavy atom. The second-order valence-corrected chi connectivity index (χ2v) is 4.26. The van der Waals surface area contributed by atoms with Crippen molar-refractivity contribution in [3.05, 3.63) is 34.5 Å². The fourth-order valence-electron chi connectivity index (χ4n) is 1.47. The fourth-order valence-corrected chi connectivity index (χ4v) is 2.12. The number of nitrogens with zero attached hydrogens (tertiary/aromatic N) is 1. The number of aromatic amines is 1. The van der Waals surface area contributed by atoms with Crippen molar-refractivity contribution in [2.75, 3.05) is 0 Å². The zero-order valence-corrected chi connectivity index (χ0v) is 8.93. The van der Waals surface area contributed by atoms with Crippen LogP contribution in [0.2, 0.25) is 0 Å². The fraction of sp³-hybridized carbons (Fsp3) is 0.111. The molecule has 0 aliphatic carbocycles. The molecule has 0 aliphatic rings. The first-order valence-electron chi connectivity index (χ1n) is 4.39. The molecule has 4 nitrogen and oxygen atoms in total. The first-order valence-corrected chi connectivity index (χ1v) is 5.20. The molecule has 1 aromatic carbocycles. The van der Waals surface area contributed by atoms with E-state index in [9.17, 15) is 23.3 Å². The van der Waals surface area contributed by atoms with E-state index in [-0.39, 0.29) is 33.2 Å². The summed E-state index contributed by atoms with van der Waals surface area (Å²) in [6.07, 6.45) is 1.12. The van der Waals surface area contributed by atoms with Gasteiger partial charge < -0.3 is 4.98 Å². The Kier molecular flexibility index (Phi) is 2.74. The summed E-state index contributed by atoms with van der Waals surface area (Å²) >= 11 is -0.297. The molecule has 0 saturated carbocycles. The molecular formula is C9H5F3N2O2S. The Balaban J connectivity index is 2.55. The van der Waals surface area contributed by atoms with Crippen molar-refractivity contribution < 1.29 is 18.1 Å². The number of rotatable bonds is 2. The van der Waals surface area contributed by atoms with Crippen LogP contribution in [0.15, 0.2) is 29.3 Å². The van der Waals surface area contributed by atoms with Crippen LogP contribution < -0.4 is 0 Å². The van der Waals surface area contributed by atoms with Gasteiger partial charge in [-0.15, -0.1) is 0 Å². The standard InChI is InChI=1S/C9H5F3N2O2S/c10-9(11,12)17-7-4-13-8-5(7)2-1-3-6(8)14(15)16/h1-4,13H. The van der Waals surface area contributed by atoms with Gasteiger partial charge in [0.15, 0.2) is 0 Å². The SMILES string of the molecule is O=[N+]([O-])c1cccc2c(SC(F)(F)F)c[nH]c12. The van der Waals surface area contributed by atoms with E-state index in [4.69, 9.17) is 0 Å². The van der Waals surface area contributed by atoms with Crippen LogP contribution in [-0.2, 0) is 0 Å². The molecule has 2 aromatic rings. The van der Waals surface area contributed by atoms with Crippen molar-refractivity contribution in [3.63, 3.8) is 0 Å². The summed E-state index contributed by atoms with van der Waals surface area (Å²) in [5, 5.41) is 10.9. The summed E-state index contributed by atoms with van der Waals surface area (Å²) < 4.78 is 36.7. The number of hydrogen-bond acceptors (Lipinski definition) is 3. The van der Waals surface area contributed by atoms with E-state index in [1.165, 1.54) is 18.2 Å². The van der Waals surface area contributed by atoms with Crippen molar-refractivity contribution in [1.82, 2.24) is 4.98 Å². The lowest BCUT2D eigenvalue weighted by Gasteiger charge is -2.03. The van der Waals surface area contributed by atoms with Crippen LogP contribution in [0, 0.1) is 10.1 Å². The van der Waals surface area contributed by atoms with Gasteiger partial charge in [-0.2, -0.15) is 13.2 Å². The zero-order valence-electron chi connectivity index (χ0n) is 8.12. The molecule has 0 aliphatic heterocycles. The average Bonchev–Trinajstić information content (AvgIpc) is 2.59. The number of halogens is 3. The van der Waals surface area contributed by atoms with Gasteiger partial charge in [-0.3, -0.25) is 10.1 Å². The Morgan fingerprint density at radius 2 is 2.06 bits per heavy atom. The Bertz CT molecular complexity index is 579. The number of thioether (sulfide) groups is 1. The van der Waals surface area contributed by atoms with Gasteiger partial charge >= 0.3 is 5.51 Å². The number of fused-ring (bicyclic) bond motifs is 1. The molecule has 1 aromatic heterocycles. The zero-order chi connectivity index (χ0) is 12.6. The lowest BCUT2D eigenvalue weighted by atomic mass is 10.2. The summed E-state index contributed by atoms with van der Waals surface area (Å²) in [7, 11) is 0. The molecule has 1 N–H and O–H groups in total. The molecular weight excluding hydrogens is 257 g/mol. The maximum absolute atomic E-state index is 12.2. The van der Waals surface area contributed by atoms with E-state index in [1.54, 1.807) is 0 Å². The van der Waals surface area contributed by atoms with E-state index in [0.717, 1.165) is 6.20 Å².